The van der Waals surface area contributed by atoms with Crippen LogP contribution in [0.5, 0.6) is 0 Å². The van der Waals surface area contributed by atoms with E-state index in [1.807, 2.05) is 20.8 Å². The number of ether oxygens (including phenoxy) is 1. The number of carbonyl (C=O) groups is 1. The molecule has 0 saturated carbocycles. The molecule has 0 aromatic carbocycles. The van der Waals surface area contributed by atoms with Crippen LogP contribution < -0.4 is 0 Å². The second-order valence-electron chi connectivity index (χ2n) is 4.36. The molecule has 0 saturated heterocycles. The van der Waals surface area contributed by atoms with Crippen LogP contribution in [0.3, 0.4) is 0 Å². The van der Waals surface area contributed by atoms with Gasteiger partial charge in [-0.15, -0.1) is 0 Å². The first-order valence-electron chi connectivity index (χ1n) is 4.72. The summed E-state index contributed by atoms with van der Waals surface area (Å²) in [5.41, 5.74) is 0.266. The van der Waals surface area contributed by atoms with Gasteiger partial charge in [0.15, 0.2) is 0 Å². The predicted octanol–water partition coefficient (Wildman–Crippen LogP) is 1.86. The second kappa shape index (κ2) is 4.06. The van der Waals surface area contributed by atoms with Crippen molar-refractivity contribution in [2.75, 3.05) is 7.11 Å². The van der Waals surface area contributed by atoms with Crippen molar-refractivity contribution >= 4 is 5.97 Å². The van der Waals surface area contributed by atoms with E-state index in [4.69, 9.17) is 9.52 Å². The van der Waals surface area contributed by atoms with Crippen LogP contribution in [0.4, 0.5) is 0 Å². The predicted molar refractivity (Wildman–Crippen MR) is 54.7 cm³/mol. The summed E-state index contributed by atoms with van der Waals surface area (Å²) in [5, 5.41) is 9.07. The van der Waals surface area contributed by atoms with Crippen LogP contribution in [-0.2, 0) is 16.8 Å². The Morgan fingerprint density at radius 2 is 2.13 bits per heavy atom. The molecule has 4 nitrogen and oxygen atoms in total. The molecular weight excluding hydrogens is 196 g/mol. The molecule has 0 atom stereocenters. The summed E-state index contributed by atoms with van der Waals surface area (Å²) in [6.07, 6.45) is 0. The lowest BCUT2D eigenvalue weighted by atomic mass is 9.93. The van der Waals surface area contributed by atoms with Crippen molar-refractivity contribution in [2.45, 2.75) is 32.8 Å². The average molecular weight is 212 g/mol. The Hall–Kier alpha value is -1.29. The highest BCUT2D eigenvalue weighted by Gasteiger charge is 2.24. The van der Waals surface area contributed by atoms with E-state index in [2.05, 4.69) is 4.74 Å². The van der Waals surface area contributed by atoms with Crippen LogP contribution in [0, 0.1) is 0 Å². The Morgan fingerprint density at radius 1 is 1.53 bits per heavy atom. The Kier molecular flexibility index (Phi) is 3.19. The van der Waals surface area contributed by atoms with Crippen molar-refractivity contribution in [3.05, 3.63) is 23.2 Å². The molecule has 0 aliphatic heterocycles. The van der Waals surface area contributed by atoms with E-state index in [9.17, 15) is 4.79 Å². The molecule has 0 aliphatic carbocycles. The molecule has 1 aromatic heterocycles. The van der Waals surface area contributed by atoms with E-state index >= 15 is 0 Å². The van der Waals surface area contributed by atoms with Gasteiger partial charge in [-0.05, 0) is 6.07 Å². The zero-order chi connectivity index (χ0) is 11.6. The number of rotatable bonds is 2. The monoisotopic (exact) mass is 212 g/mol. The molecular formula is C11H16O4. The quantitative estimate of drug-likeness (QED) is 0.760. The van der Waals surface area contributed by atoms with Crippen LogP contribution in [0.15, 0.2) is 10.5 Å². The molecule has 1 aromatic rings. The van der Waals surface area contributed by atoms with E-state index in [-0.39, 0.29) is 17.8 Å². The zero-order valence-corrected chi connectivity index (χ0v) is 9.46. The van der Waals surface area contributed by atoms with Crippen molar-refractivity contribution in [1.82, 2.24) is 0 Å². The summed E-state index contributed by atoms with van der Waals surface area (Å²) in [4.78, 5) is 11.3. The number of aliphatic hydroxyl groups is 1. The lowest BCUT2D eigenvalue weighted by Gasteiger charge is -2.13. The maximum Gasteiger partial charge on any atom is 0.374 e. The third-order valence-electron chi connectivity index (χ3n) is 2.09. The Balaban J connectivity index is 3.17. The highest BCUT2D eigenvalue weighted by molar-refractivity contribution is 5.88. The SMILES string of the molecule is COC(=O)c1oc(C(C)(C)C)cc1CO. The number of methoxy groups -OCH3 is 1. The van der Waals surface area contributed by atoms with Gasteiger partial charge in [0.1, 0.15) is 5.76 Å². The molecule has 1 rings (SSSR count). The minimum Gasteiger partial charge on any atom is -0.463 e. The molecule has 0 fully saturated rings. The fourth-order valence-corrected chi connectivity index (χ4v) is 1.18. The fourth-order valence-electron chi connectivity index (χ4n) is 1.18. The lowest BCUT2D eigenvalue weighted by Crippen LogP contribution is -2.09. The fraction of sp³-hybridized carbons (Fsp3) is 0.545. The van der Waals surface area contributed by atoms with Crippen LogP contribution in [0.2, 0.25) is 0 Å². The highest BCUT2D eigenvalue weighted by atomic mass is 16.5. The van der Waals surface area contributed by atoms with Gasteiger partial charge in [-0.1, -0.05) is 20.8 Å². The molecule has 4 heteroatoms. The van der Waals surface area contributed by atoms with Gasteiger partial charge >= 0.3 is 5.97 Å². The van der Waals surface area contributed by atoms with Gasteiger partial charge in [-0.3, -0.25) is 0 Å². The number of esters is 1. The Morgan fingerprint density at radius 3 is 2.53 bits per heavy atom. The van der Waals surface area contributed by atoms with Crippen LogP contribution in [0.25, 0.3) is 0 Å². The lowest BCUT2D eigenvalue weighted by molar-refractivity contribution is 0.0556. The maximum atomic E-state index is 11.3. The summed E-state index contributed by atoms with van der Waals surface area (Å²) >= 11 is 0. The van der Waals surface area contributed by atoms with E-state index < -0.39 is 5.97 Å². The molecule has 0 spiro atoms. The minimum absolute atomic E-state index is 0.0879. The minimum atomic E-state index is -0.561. The summed E-state index contributed by atoms with van der Waals surface area (Å²) in [5.74, 6) is 0.187. The van der Waals surface area contributed by atoms with E-state index in [1.165, 1.54) is 7.11 Å². The number of carbonyl (C=O) groups excluding carboxylic acids is 1. The largest absolute Gasteiger partial charge is 0.463 e. The summed E-state index contributed by atoms with van der Waals surface area (Å²) in [7, 11) is 1.28. The Bertz CT molecular complexity index is 357. The third-order valence-corrected chi connectivity index (χ3v) is 2.09. The molecule has 1 N–H and O–H groups in total. The standard InChI is InChI=1S/C11H16O4/c1-11(2,3)8-5-7(6-12)9(15-8)10(13)14-4/h5,12H,6H2,1-4H3. The molecule has 0 bridgehead atoms. The van der Waals surface area contributed by atoms with Gasteiger partial charge in [0.05, 0.1) is 13.7 Å². The number of aliphatic hydroxyl groups excluding tert-OH is 1. The highest BCUT2D eigenvalue weighted by Crippen LogP contribution is 2.27. The van der Waals surface area contributed by atoms with Gasteiger partial charge in [0, 0.05) is 11.0 Å². The van der Waals surface area contributed by atoms with Gasteiger partial charge in [-0.2, -0.15) is 0 Å². The first-order chi connectivity index (χ1) is 6.90. The molecule has 0 unspecified atom stereocenters. The van der Waals surface area contributed by atoms with Crippen LogP contribution >= 0.6 is 0 Å². The topological polar surface area (TPSA) is 59.7 Å². The van der Waals surface area contributed by atoms with Crippen molar-refractivity contribution in [3.8, 4) is 0 Å². The van der Waals surface area contributed by atoms with Crippen molar-refractivity contribution in [3.63, 3.8) is 0 Å². The van der Waals surface area contributed by atoms with Crippen LogP contribution in [0.1, 0.15) is 42.6 Å². The van der Waals surface area contributed by atoms with Gasteiger partial charge in [-0.25, -0.2) is 4.79 Å². The first-order valence-corrected chi connectivity index (χ1v) is 4.72. The van der Waals surface area contributed by atoms with E-state index in [0.717, 1.165) is 0 Å². The molecule has 15 heavy (non-hydrogen) atoms. The maximum absolute atomic E-state index is 11.3. The van der Waals surface area contributed by atoms with Crippen LogP contribution in [-0.4, -0.2) is 18.2 Å². The molecule has 84 valence electrons. The zero-order valence-electron chi connectivity index (χ0n) is 9.46. The summed E-state index contributed by atoms with van der Waals surface area (Å²) in [6, 6.07) is 1.69. The number of hydrogen-bond donors (Lipinski definition) is 1. The molecule has 0 radical (unpaired) electrons. The molecule has 1 heterocycles. The van der Waals surface area contributed by atoms with Gasteiger partial charge in [0.2, 0.25) is 5.76 Å². The summed E-state index contributed by atoms with van der Waals surface area (Å²) < 4.78 is 9.95. The second-order valence-corrected chi connectivity index (χ2v) is 4.36. The normalized spacial score (nSPS) is 11.5. The Labute approximate surface area is 88.8 Å². The summed E-state index contributed by atoms with van der Waals surface area (Å²) in [6.45, 7) is 5.67. The number of hydrogen-bond acceptors (Lipinski definition) is 4. The number of furan rings is 1. The van der Waals surface area contributed by atoms with E-state index in [1.54, 1.807) is 6.07 Å². The molecule has 0 amide bonds. The van der Waals surface area contributed by atoms with Gasteiger partial charge < -0.3 is 14.3 Å². The van der Waals surface area contributed by atoms with Crippen molar-refractivity contribution in [2.24, 2.45) is 0 Å². The smallest absolute Gasteiger partial charge is 0.374 e. The molecule has 0 aliphatic rings. The first kappa shape index (κ1) is 11.8. The average Bonchev–Trinajstić information content (AvgIpc) is 2.59. The third kappa shape index (κ3) is 2.39. The van der Waals surface area contributed by atoms with Gasteiger partial charge in [0.25, 0.3) is 0 Å². The van der Waals surface area contributed by atoms with Crippen molar-refractivity contribution < 1.29 is 19.1 Å². The van der Waals surface area contributed by atoms with Crippen molar-refractivity contribution in [1.29, 1.82) is 0 Å². The van der Waals surface area contributed by atoms with E-state index in [0.29, 0.717) is 11.3 Å².